The van der Waals surface area contributed by atoms with Crippen molar-refractivity contribution >= 4 is 5.91 Å². The number of likely N-dealkylation sites (N-methyl/N-ethyl adjacent to an activating group) is 1. The standard InChI is InChI=1S/C25H27FN2O2/c1-3-28(17-19-14-15-23(30-2)22(26)16-19)18-24(29)27-25(20-10-6-4-7-11-20)21-12-8-5-9-13-21/h4-16,25H,3,17-18H2,1-2H3,(H,27,29)/p+1. The van der Waals surface area contributed by atoms with Crippen molar-refractivity contribution in [1.82, 2.24) is 5.32 Å². The van der Waals surface area contributed by atoms with E-state index in [-0.39, 0.29) is 23.5 Å². The molecule has 0 saturated carbocycles. The smallest absolute Gasteiger partial charge is 0.275 e. The van der Waals surface area contributed by atoms with Crippen LogP contribution in [0.1, 0.15) is 29.7 Å². The summed E-state index contributed by atoms with van der Waals surface area (Å²) < 4.78 is 19.0. The van der Waals surface area contributed by atoms with Crippen molar-refractivity contribution in [2.24, 2.45) is 0 Å². The maximum atomic E-state index is 14.0. The maximum Gasteiger partial charge on any atom is 0.275 e. The van der Waals surface area contributed by atoms with Crippen molar-refractivity contribution in [3.05, 3.63) is 101 Å². The van der Waals surface area contributed by atoms with E-state index in [2.05, 4.69) is 5.32 Å². The molecule has 1 unspecified atom stereocenters. The number of ether oxygens (including phenoxy) is 1. The Bertz CT molecular complexity index is 908. The lowest BCUT2D eigenvalue weighted by molar-refractivity contribution is -0.904. The van der Waals surface area contributed by atoms with Crippen LogP contribution in [0.3, 0.4) is 0 Å². The predicted octanol–water partition coefficient (Wildman–Crippen LogP) is 3.14. The number of quaternary nitrogens is 1. The lowest BCUT2D eigenvalue weighted by Gasteiger charge is -2.22. The number of hydrogen-bond donors (Lipinski definition) is 2. The summed E-state index contributed by atoms with van der Waals surface area (Å²) in [6.45, 7) is 3.64. The van der Waals surface area contributed by atoms with Crippen LogP contribution >= 0.6 is 0 Å². The van der Waals surface area contributed by atoms with Crippen molar-refractivity contribution in [3.8, 4) is 5.75 Å². The molecule has 4 nitrogen and oxygen atoms in total. The van der Waals surface area contributed by atoms with Gasteiger partial charge in [0, 0.05) is 5.56 Å². The van der Waals surface area contributed by atoms with E-state index in [0.29, 0.717) is 13.1 Å². The van der Waals surface area contributed by atoms with E-state index in [1.165, 1.54) is 13.2 Å². The molecule has 0 bridgehead atoms. The monoisotopic (exact) mass is 407 g/mol. The molecule has 0 aliphatic heterocycles. The van der Waals surface area contributed by atoms with Crippen molar-refractivity contribution in [3.63, 3.8) is 0 Å². The molecule has 3 aromatic carbocycles. The first-order chi connectivity index (χ1) is 14.6. The number of amides is 1. The Morgan fingerprint density at radius 1 is 1.00 bits per heavy atom. The summed E-state index contributed by atoms with van der Waals surface area (Å²) in [5.74, 6) is -0.204. The number of hydrogen-bond acceptors (Lipinski definition) is 2. The minimum atomic E-state index is -0.386. The van der Waals surface area contributed by atoms with Crippen LogP contribution in [0.5, 0.6) is 5.75 Å². The molecule has 3 aromatic rings. The highest BCUT2D eigenvalue weighted by Gasteiger charge is 2.20. The van der Waals surface area contributed by atoms with Gasteiger partial charge in [0.25, 0.3) is 5.91 Å². The summed E-state index contributed by atoms with van der Waals surface area (Å²) in [4.78, 5) is 14.0. The lowest BCUT2D eigenvalue weighted by atomic mass is 9.99. The Hall–Kier alpha value is -3.18. The SMILES string of the molecule is CC[NH+](CC(=O)NC(c1ccccc1)c1ccccc1)Cc1ccc(OC)c(F)c1. The van der Waals surface area contributed by atoms with Crippen LogP contribution in [-0.2, 0) is 11.3 Å². The van der Waals surface area contributed by atoms with Crippen molar-refractivity contribution in [1.29, 1.82) is 0 Å². The van der Waals surface area contributed by atoms with Crippen molar-refractivity contribution < 1.29 is 18.8 Å². The number of carbonyl (C=O) groups is 1. The van der Waals surface area contributed by atoms with Gasteiger partial charge >= 0.3 is 0 Å². The fourth-order valence-corrected chi connectivity index (χ4v) is 3.51. The lowest BCUT2D eigenvalue weighted by Crippen LogP contribution is -3.11. The van der Waals surface area contributed by atoms with E-state index in [1.54, 1.807) is 6.07 Å². The van der Waals surface area contributed by atoms with Gasteiger partial charge in [0.15, 0.2) is 18.1 Å². The summed E-state index contributed by atoms with van der Waals surface area (Å²) in [6.07, 6.45) is 0. The molecule has 0 aromatic heterocycles. The molecule has 0 heterocycles. The summed E-state index contributed by atoms with van der Waals surface area (Å²) in [5.41, 5.74) is 2.90. The highest BCUT2D eigenvalue weighted by molar-refractivity contribution is 5.78. The van der Waals surface area contributed by atoms with Crippen LogP contribution in [0.4, 0.5) is 4.39 Å². The predicted molar refractivity (Wildman–Crippen MR) is 116 cm³/mol. The molecular weight excluding hydrogens is 379 g/mol. The molecular formula is C25H28FN2O2+. The van der Waals surface area contributed by atoms with Gasteiger partial charge in [0.05, 0.1) is 19.7 Å². The summed E-state index contributed by atoms with van der Waals surface area (Å²) in [7, 11) is 1.45. The summed E-state index contributed by atoms with van der Waals surface area (Å²) >= 11 is 0. The Morgan fingerprint density at radius 3 is 2.10 bits per heavy atom. The fourth-order valence-electron chi connectivity index (χ4n) is 3.51. The van der Waals surface area contributed by atoms with Crippen LogP contribution in [0.15, 0.2) is 78.9 Å². The van der Waals surface area contributed by atoms with E-state index in [4.69, 9.17) is 4.74 Å². The third kappa shape index (κ3) is 5.67. The van der Waals surface area contributed by atoms with Gasteiger partial charge in [-0.05, 0) is 36.2 Å². The van der Waals surface area contributed by atoms with Crippen LogP contribution in [0.2, 0.25) is 0 Å². The first-order valence-corrected chi connectivity index (χ1v) is 10.2. The zero-order valence-electron chi connectivity index (χ0n) is 17.4. The Labute approximate surface area is 177 Å². The average Bonchev–Trinajstić information content (AvgIpc) is 2.78. The molecule has 156 valence electrons. The summed E-state index contributed by atoms with van der Waals surface area (Å²) in [6, 6.07) is 24.6. The molecule has 1 atom stereocenters. The second kappa shape index (κ2) is 10.6. The molecule has 0 fully saturated rings. The van der Waals surface area contributed by atoms with Gasteiger partial charge in [0.2, 0.25) is 0 Å². The highest BCUT2D eigenvalue weighted by atomic mass is 19.1. The van der Waals surface area contributed by atoms with Gasteiger partial charge in [-0.2, -0.15) is 0 Å². The third-order valence-corrected chi connectivity index (χ3v) is 5.15. The Morgan fingerprint density at radius 2 is 1.60 bits per heavy atom. The van der Waals surface area contributed by atoms with E-state index in [9.17, 15) is 9.18 Å². The average molecular weight is 408 g/mol. The minimum Gasteiger partial charge on any atom is -0.494 e. The molecule has 3 rings (SSSR count). The zero-order chi connectivity index (χ0) is 21.3. The van der Waals surface area contributed by atoms with Crippen LogP contribution in [0.25, 0.3) is 0 Å². The minimum absolute atomic E-state index is 0.0430. The molecule has 0 radical (unpaired) electrons. The number of rotatable bonds is 9. The maximum absolute atomic E-state index is 14.0. The molecule has 0 aliphatic rings. The summed E-state index contributed by atoms with van der Waals surface area (Å²) in [5, 5.41) is 3.18. The fraction of sp³-hybridized carbons (Fsp3) is 0.240. The highest BCUT2D eigenvalue weighted by Crippen LogP contribution is 2.21. The first-order valence-electron chi connectivity index (χ1n) is 10.2. The van der Waals surface area contributed by atoms with Gasteiger partial charge < -0.3 is 15.0 Å². The molecule has 30 heavy (non-hydrogen) atoms. The largest absolute Gasteiger partial charge is 0.494 e. The normalized spacial score (nSPS) is 11.9. The number of halogens is 1. The molecule has 0 saturated heterocycles. The molecule has 5 heteroatoms. The second-order valence-electron chi connectivity index (χ2n) is 7.25. The Kier molecular flexibility index (Phi) is 7.57. The van der Waals surface area contributed by atoms with Crippen molar-refractivity contribution in [2.75, 3.05) is 20.2 Å². The second-order valence-corrected chi connectivity index (χ2v) is 7.25. The number of benzene rings is 3. The van der Waals surface area contributed by atoms with Gasteiger partial charge in [-0.3, -0.25) is 4.79 Å². The van der Waals surface area contributed by atoms with Gasteiger partial charge in [-0.25, -0.2) is 4.39 Å². The number of nitrogens with one attached hydrogen (secondary N) is 2. The number of methoxy groups -OCH3 is 1. The molecule has 1 amide bonds. The Balaban J connectivity index is 1.70. The number of carbonyl (C=O) groups excluding carboxylic acids is 1. The topological polar surface area (TPSA) is 42.8 Å². The van der Waals surface area contributed by atoms with E-state index in [1.807, 2.05) is 73.7 Å². The zero-order valence-corrected chi connectivity index (χ0v) is 17.4. The van der Waals surface area contributed by atoms with Crippen LogP contribution in [-0.4, -0.2) is 26.1 Å². The van der Waals surface area contributed by atoms with Crippen LogP contribution < -0.4 is 15.0 Å². The third-order valence-electron chi connectivity index (χ3n) is 5.15. The van der Waals surface area contributed by atoms with Crippen molar-refractivity contribution in [2.45, 2.75) is 19.5 Å². The van der Waals surface area contributed by atoms with E-state index >= 15 is 0 Å². The van der Waals surface area contributed by atoms with E-state index < -0.39 is 0 Å². The molecule has 2 N–H and O–H groups in total. The van der Waals surface area contributed by atoms with Crippen LogP contribution in [0, 0.1) is 5.82 Å². The molecule has 0 spiro atoms. The quantitative estimate of drug-likeness (QED) is 0.572. The van der Waals surface area contributed by atoms with Gasteiger partial charge in [-0.1, -0.05) is 60.7 Å². The van der Waals surface area contributed by atoms with Gasteiger partial charge in [-0.15, -0.1) is 0 Å². The molecule has 0 aliphatic carbocycles. The van der Waals surface area contributed by atoms with Gasteiger partial charge in [0.1, 0.15) is 6.54 Å². The first kappa shape index (κ1) is 21.5. The van der Waals surface area contributed by atoms with E-state index in [0.717, 1.165) is 28.1 Å².